The molecule has 7 rings (SSSR count). The normalized spacial score (nSPS) is 18.2. The number of benzene rings is 1. The molecule has 1 saturated heterocycles. The van der Waals surface area contributed by atoms with Gasteiger partial charge in [-0.1, -0.05) is 12.6 Å². The minimum Gasteiger partial charge on any atom is -0.383 e. The van der Waals surface area contributed by atoms with Gasteiger partial charge in [-0.3, -0.25) is 9.36 Å². The molecule has 5 heterocycles. The first-order valence-corrected chi connectivity index (χ1v) is 14.1. The molecule has 1 atom stereocenters. The lowest BCUT2D eigenvalue weighted by molar-refractivity contribution is -0.127. The summed E-state index contributed by atoms with van der Waals surface area (Å²) in [5.74, 6) is -1.87. The third kappa shape index (κ3) is 4.73. The SMILES string of the molecule is C=CC(=O)N1CCC(NC2CC(F)(F)c3cc(-n4c(-c5cccnc5N)nc5ccc(-n6cccn6)nc54)ccc32)CC1. The van der Waals surface area contributed by atoms with E-state index in [9.17, 15) is 4.79 Å². The summed E-state index contributed by atoms with van der Waals surface area (Å²) in [4.78, 5) is 27.5. The Bertz CT molecular complexity index is 1840. The van der Waals surface area contributed by atoms with Gasteiger partial charge in [-0.2, -0.15) is 5.10 Å². The Kier molecular flexibility index (Phi) is 6.50. The van der Waals surface area contributed by atoms with Gasteiger partial charge in [0.15, 0.2) is 17.3 Å². The summed E-state index contributed by atoms with van der Waals surface area (Å²) >= 11 is 0. The van der Waals surface area contributed by atoms with Crippen LogP contribution in [0.25, 0.3) is 34.1 Å². The maximum Gasteiger partial charge on any atom is 0.275 e. The molecule has 2 aliphatic rings. The van der Waals surface area contributed by atoms with Crippen LogP contribution in [0.3, 0.4) is 0 Å². The number of aromatic nitrogens is 6. The summed E-state index contributed by atoms with van der Waals surface area (Å²) in [7, 11) is 0. The molecule has 1 aliphatic heterocycles. The van der Waals surface area contributed by atoms with Crippen LogP contribution in [0.1, 0.15) is 36.4 Å². The first kappa shape index (κ1) is 26.9. The molecule has 0 spiro atoms. The van der Waals surface area contributed by atoms with Crippen molar-refractivity contribution in [1.29, 1.82) is 0 Å². The highest BCUT2D eigenvalue weighted by molar-refractivity contribution is 5.87. The molecule has 3 N–H and O–H groups in total. The fourth-order valence-electron chi connectivity index (χ4n) is 6.12. The summed E-state index contributed by atoms with van der Waals surface area (Å²) in [5, 5.41) is 7.73. The summed E-state index contributed by atoms with van der Waals surface area (Å²) in [6.07, 6.45) is 7.37. The number of imidazole rings is 1. The van der Waals surface area contributed by atoms with Crippen molar-refractivity contribution in [3.63, 3.8) is 0 Å². The zero-order valence-electron chi connectivity index (χ0n) is 23.2. The Labute approximate surface area is 245 Å². The number of carbonyl (C=O) groups is 1. The van der Waals surface area contributed by atoms with Crippen LogP contribution >= 0.6 is 0 Å². The summed E-state index contributed by atoms with van der Waals surface area (Å²) < 4.78 is 34.7. The second-order valence-corrected chi connectivity index (χ2v) is 10.9. The predicted molar refractivity (Wildman–Crippen MR) is 158 cm³/mol. The number of piperidine rings is 1. The van der Waals surface area contributed by atoms with Crippen LogP contribution in [0.15, 0.2) is 79.8 Å². The molecule has 4 aromatic heterocycles. The van der Waals surface area contributed by atoms with Crippen LogP contribution in [-0.2, 0) is 10.7 Å². The zero-order valence-corrected chi connectivity index (χ0v) is 23.2. The minimum absolute atomic E-state index is 0.0305. The van der Waals surface area contributed by atoms with Crippen LogP contribution in [0.2, 0.25) is 0 Å². The number of carbonyl (C=O) groups excluding carboxylic acids is 1. The molecule has 1 unspecified atom stereocenters. The fourth-order valence-corrected chi connectivity index (χ4v) is 6.12. The molecule has 5 aromatic rings. The molecule has 1 fully saturated rings. The van der Waals surface area contributed by atoms with E-state index in [1.165, 1.54) is 12.1 Å². The smallest absolute Gasteiger partial charge is 0.275 e. The van der Waals surface area contributed by atoms with E-state index in [2.05, 4.69) is 22.0 Å². The van der Waals surface area contributed by atoms with E-state index >= 15 is 8.78 Å². The van der Waals surface area contributed by atoms with E-state index in [4.69, 9.17) is 15.7 Å². The van der Waals surface area contributed by atoms with Crippen molar-refractivity contribution in [2.24, 2.45) is 0 Å². The van der Waals surface area contributed by atoms with Crippen molar-refractivity contribution < 1.29 is 13.6 Å². The number of alkyl halides is 2. The van der Waals surface area contributed by atoms with Crippen molar-refractivity contribution in [3.05, 3.63) is 90.9 Å². The molecular weight excluding hydrogens is 552 g/mol. The van der Waals surface area contributed by atoms with Gasteiger partial charge in [0.2, 0.25) is 5.91 Å². The van der Waals surface area contributed by atoms with E-state index in [0.717, 1.165) is 0 Å². The van der Waals surface area contributed by atoms with Gasteiger partial charge in [0.25, 0.3) is 5.92 Å². The maximum atomic E-state index is 15.6. The lowest BCUT2D eigenvalue weighted by atomic mass is 10.0. The number of halogens is 2. The first-order chi connectivity index (χ1) is 20.8. The average Bonchev–Trinajstić information content (AvgIpc) is 3.74. The largest absolute Gasteiger partial charge is 0.383 e. The zero-order chi connectivity index (χ0) is 29.7. The van der Waals surface area contributed by atoms with Gasteiger partial charge >= 0.3 is 0 Å². The molecule has 10 nitrogen and oxygen atoms in total. The molecule has 0 radical (unpaired) electrons. The Morgan fingerprint density at radius 3 is 2.67 bits per heavy atom. The maximum absolute atomic E-state index is 15.6. The minimum atomic E-state index is -3.04. The summed E-state index contributed by atoms with van der Waals surface area (Å²) in [6.45, 7) is 4.69. The van der Waals surface area contributed by atoms with Crippen molar-refractivity contribution in [3.8, 4) is 22.9 Å². The van der Waals surface area contributed by atoms with Crippen LogP contribution < -0.4 is 11.1 Å². The predicted octanol–water partition coefficient (Wildman–Crippen LogP) is 4.55. The second-order valence-electron chi connectivity index (χ2n) is 10.9. The molecule has 0 saturated carbocycles. The van der Waals surface area contributed by atoms with Gasteiger partial charge < -0.3 is 16.0 Å². The van der Waals surface area contributed by atoms with Gasteiger partial charge in [0, 0.05) is 61.4 Å². The van der Waals surface area contributed by atoms with Crippen molar-refractivity contribution >= 4 is 22.9 Å². The lowest BCUT2D eigenvalue weighted by Gasteiger charge is -2.33. The molecule has 43 heavy (non-hydrogen) atoms. The fraction of sp³-hybridized carbons (Fsp3) is 0.258. The number of hydrogen-bond donors (Lipinski definition) is 2. The van der Waals surface area contributed by atoms with Gasteiger partial charge in [0.05, 0.1) is 5.56 Å². The van der Waals surface area contributed by atoms with Gasteiger partial charge in [-0.25, -0.2) is 28.4 Å². The molecule has 1 aromatic carbocycles. The van der Waals surface area contributed by atoms with E-state index in [1.54, 1.807) is 63.1 Å². The number of rotatable bonds is 6. The monoisotopic (exact) mass is 581 g/mol. The molecule has 1 amide bonds. The van der Waals surface area contributed by atoms with Crippen LogP contribution in [0.4, 0.5) is 14.6 Å². The topological polar surface area (TPSA) is 120 Å². The number of nitrogens with one attached hydrogen (secondary N) is 1. The molecule has 12 heteroatoms. The Balaban J connectivity index is 1.28. The van der Waals surface area contributed by atoms with Crippen molar-refractivity contribution in [2.45, 2.75) is 37.3 Å². The van der Waals surface area contributed by atoms with Crippen LogP contribution in [0, 0.1) is 0 Å². The standard InChI is InChI=1S/C31H29F2N9O/c1-2-27(43)40-15-10-19(11-16-40)37-25-18-31(32,33)23-17-20(6-7-21(23)25)42-29(22-5-3-12-35-28(22)34)38-24-8-9-26(39-30(24)42)41-14-4-13-36-41/h2-9,12-14,17,19,25,37H,1,10-11,15-16,18H2,(H2,34,35). The van der Waals surface area contributed by atoms with E-state index in [0.29, 0.717) is 65.6 Å². The number of nitrogen functional groups attached to an aromatic ring is 1. The van der Waals surface area contributed by atoms with Crippen LogP contribution in [-0.4, -0.2) is 59.2 Å². The summed E-state index contributed by atoms with van der Waals surface area (Å²) in [6, 6.07) is 13.6. The van der Waals surface area contributed by atoms with Gasteiger partial charge in [-0.15, -0.1) is 0 Å². The number of amides is 1. The highest BCUT2D eigenvalue weighted by Gasteiger charge is 2.46. The molecular formula is C31H29F2N9O. The molecule has 0 bridgehead atoms. The Morgan fingerprint density at radius 1 is 1.09 bits per heavy atom. The first-order valence-electron chi connectivity index (χ1n) is 14.1. The number of anilines is 1. The molecule has 218 valence electrons. The van der Waals surface area contributed by atoms with Gasteiger partial charge in [0.1, 0.15) is 11.3 Å². The summed E-state index contributed by atoms with van der Waals surface area (Å²) in [5.41, 5.74) is 8.88. The highest BCUT2D eigenvalue weighted by atomic mass is 19.3. The van der Waals surface area contributed by atoms with E-state index in [1.807, 2.05) is 12.1 Å². The number of nitrogens with zero attached hydrogens (tertiary/aromatic N) is 7. The number of likely N-dealkylation sites (tertiary alicyclic amines) is 1. The Hall–Kier alpha value is -4.97. The third-order valence-corrected chi connectivity index (χ3v) is 8.25. The van der Waals surface area contributed by atoms with Gasteiger partial charge in [-0.05, 0) is 66.9 Å². The highest BCUT2D eigenvalue weighted by Crippen LogP contribution is 2.48. The third-order valence-electron chi connectivity index (χ3n) is 8.25. The second kappa shape index (κ2) is 10.4. The average molecular weight is 582 g/mol. The quantitative estimate of drug-likeness (QED) is 0.282. The van der Waals surface area contributed by atoms with E-state index < -0.39 is 12.0 Å². The van der Waals surface area contributed by atoms with Crippen molar-refractivity contribution in [1.82, 2.24) is 39.5 Å². The van der Waals surface area contributed by atoms with Crippen LogP contribution in [0.5, 0.6) is 0 Å². The molecule has 1 aliphatic carbocycles. The number of nitrogens with two attached hydrogens (primary N) is 1. The number of hydrogen-bond acceptors (Lipinski definition) is 7. The van der Waals surface area contributed by atoms with Crippen molar-refractivity contribution in [2.75, 3.05) is 18.8 Å². The number of fused-ring (bicyclic) bond motifs is 2. The lowest BCUT2D eigenvalue weighted by Crippen LogP contribution is -2.45. The number of pyridine rings is 2. The Morgan fingerprint density at radius 2 is 1.93 bits per heavy atom. The van der Waals surface area contributed by atoms with E-state index in [-0.39, 0.29) is 29.8 Å².